The fourth-order valence-electron chi connectivity index (χ4n) is 2.01. The van der Waals surface area contributed by atoms with Crippen LogP contribution in [0.4, 0.5) is 0 Å². The van der Waals surface area contributed by atoms with Crippen molar-refractivity contribution in [2.75, 3.05) is 13.1 Å². The fraction of sp³-hybridized carbons (Fsp3) is 0.750. The molecule has 2 rings (SSSR count). The molecule has 1 aliphatic heterocycles. The van der Waals surface area contributed by atoms with Crippen molar-refractivity contribution in [1.82, 2.24) is 15.3 Å². The predicted molar refractivity (Wildman–Crippen MR) is 62.1 cm³/mol. The van der Waals surface area contributed by atoms with Gasteiger partial charge in [-0.2, -0.15) is 0 Å². The molecule has 0 spiro atoms. The van der Waals surface area contributed by atoms with Crippen LogP contribution >= 0.6 is 0 Å². The fourth-order valence-corrected chi connectivity index (χ4v) is 2.01. The SMILES string of the molecule is CC(C)(C)c1cnc([C@@H]2CCCNC2)[nH]1. The monoisotopic (exact) mass is 207 g/mol. The van der Waals surface area contributed by atoms with Crippen LogP contribution in [0.3, 0.4) is 0 Å². The summed E-state index contributed by atoms with van der Waals surface area (Å²) in [5.74, 6) is 1.74. The lowest BCUT2D eigenvalue weighted by molar-refractivity contribution is 0.447. The van der Waals surface area contributed by atoms with Crippen molar-refractivity contribution in [3.8, 4) is 0 Å². The summed E-state index contributed by atoms with van der Waals surface area (Å²) in [5, 5.41) is 3.42. The normalized spacial score (nSPS) is 23.0. The second-order valence-corrected chi connectivity index (χ2v) is 5.48. The molecule has 1 fully saturated rings. The second-order valence-electron chi connectivity index (χ2n) is 5.48. The summed E-state index contributed by atoms with van der Waals surface area (Å²) < 4.78 is 0. The third-order valence-corrected chi connectivity index (χ3v) is 3.09. The van der Waals surface area contributed by atoms with Gasteiger partial charge in [-0.05, 0) is 19.4 Å². The van der Waals surface area contributed by atoms with E-state index in [2.05, 4.69) is 36.1 Å². The van der Waals surface area contributed by atoms with E-state index >= 15 is 0 Å². The molecular weight excluding hydrogens is 186 g/mol. The third kappa shape index (κ3) is 2.40. The van der Waals surface area contributed by atoms with E-state index in [9.17, 15) is 0 Å². The summed E-state index contributed by atoms with van der Waals surface area (Å²) in [6.45, 7) is 8.86. The van der Waals surface area contributed by atoms with Gasteiger partial charge in [0.15, 0.2) is 0 Å². The van der Waals surface area contributed by atoms with Crippen LogP contribution in [-0.4, -0.2) is 23.1 Å². The molecule has 1 aromatic rings. The number of nitrogens with one attached hydrogen (secondary N) is 2. The van der Waals surface area contributed by atoms with Crippen molar-refractivity contribution in [2.45, 2.75) is 44.9 Å². The summed E-state index contributed by atoms with van der Waals surface area (Å²) in [4.78, 5) is 7.98. The molecule has 0 bridgehead atoms. The molecule has 0 unspecified atom stereocenters. The smallest absolute Gasteiger partial charge is 0.110 e. The van der Waals surface area contributed by atoms with Gasteiger partial charge in [-0.25, -0.2) is 4.98 Å². The molecule has 1 saturated heterocycles. The van der Waals surface area contributed by atoms with Crippen molar-refractivity contribution >= 4 is 0 Å². The molecule has 1 atom stereocenters. The van der Waals surface area contributed by atoms with Crippen LogP contribution in [0.15, 0.2) is 6.20 Å². The Labute approximate surface area is 91.7 Å². The molecule has 84 valence electrons. The zero-order valence-corrected chi connectivity index (χ0v) is 9.93. The van der Waals surface area contributed by atoms with Crippen molar-refractivity contribution < 1.29 is 0 Å². The number of imidazole rings is 1. The first-order chi connectivity index (χ1) is 7.07. The number of piperidine rings is 1. The van der Waals surface area contributed by atoms with Crippen LogP contribution in [0.1, 0.15) is 51.0 Å². The number of H-pyrrole nitrogens is 1. The predicted octanol–water partition coefficient (Wildman–Crippen LogP) is 2.17. The van der Waals surface area contributed by atoms with Crippen LogP contribution in [-0.2, 0) is 5.41 Å². The number of aromatic nitrogens is 2. The highest BCUT2D eigenvalue weighted by molar-refractivity contribution is 5.14. The Morgan fingerprint density at radius 2 is 2.20 bits per heavy atom. The topological polar surface area (TPSA) is 40.7 Å². The van der Waals surface area contributed by atoms with E-state index in [1.165, 1.54) is 18.5 Å². The van der Waals surface area contributed by atoms with Crippen molar-refractivity contribution in [1.29, 1.82) is 0 Å². The highest BCUT2D eigenvalue weighted by Crippen LogP contribution is 2.25. The van der Waals surface area contributed by atoms with Gasteiger partial charge in [0, 0.05) is 29.8 Å². The van der Waals surface area contributed by atoms with Crippen LogP contribution in [0.2, 0.25) is 0 Å². The Kier molecular flexibility index (Phi) is 2.83. The maximum absolute atomic E-state index is 4.51. The van der Waals surface area contributed by atoms with E-state index in [1.807, 2.05) is 6.20 Å². The zero-order valence-electron chi connectivity index (χ0n) is 9.93. The maximum atomic E-state index is 4.51. The molecule has 3 heteroatoms. The Morgan fingerprint density at radius 1 is 1.40 bits per heavy atom. The molecule has 0 aliphatic carbocycles. The molecule has 0 radical (unpaired) electrons. The number of hydrogen-bond donors (Lipinski definition) is 2. The van der Waals surface area contributed by atoms with Crippen LogP contribution in [0, 0.1) is 0 Å². The Bertz CT molecular complexity index is 316. The maximum Gasteiger partial charge on any atom is 0.110 e. The minimum atomic E-state index is 0.174. The van der Waals surface area contributed by atoms with Crippen molar-refractivity contribution in [3.05, 3.63) is 17.7 Å². The Hall–Kier alpha value is -0.830. The molecule has 0 aromatic carbocycles. The molecule has 15 heavy (non-hydrogen) atoms. The lowest BCUT2D eigenvalue weighted by Gasteiger charge is -2.21. The summed E-state index contributed by atoms with van der Waals surface area (Å²) in [6.07, 6.45) is 4.50. The van der Waals surface area contributed by atoms with E-state index in [4.69, 9.17) is 0 Å². The Balaban J connectivity index is 2.12. The first-order valence-corrected chi connectivity index (χ1v) is 5.83. The van der Waals surface area contributed by atoms with Crippen LogP contribution in [0.25, 0.3) is 0 Å². The molecule has 2 heterocycles. The van der Waals surface area contributed by atoms with Gasteiger partial charge in [0.2, 0.25) is 0 Å². The number of aromatic amines is 1. The lowest BCUT2D eigenvalue weighted by Crippen LogP contribution is -2.29. The van der Waals surface area contributed by atoms with Gasteiger partial charge in [0.1, 0.15) is 5.82 Å². The minimum Gasteiger partial charge on any atom is -0.345 e. The Morgan fingerprint density at radius 3 is 2.73 bits per heavy atom. The van der Waals surface area contributed by atoms with E-state index in [-0.39, 0.29) is 5.41 Å². The molecule has 0 saturated carbocycles. The summed E-state index contributed by atoms with van der Waals surface area (Å²) in [5.41, 5.74) is 1.41. The van der Waals surface area contributed by atoms with Gasteiger partial charge in [0.25, 0.3) is 0 Å². The lowest BCUT2D eigenvalue weighted by atomic mass is 9.93. The highest BCUT2D eigenvalue weighted by atomic mass is 15.0. The van der Waals surface area contributed by atoms with Gasteiger partial charge in [-0.3, -0.25) is 0 Å². The van der Waals surface area contributed by atoms with Crippen LogP contribution in [0.5, 0.6) is 0 Å². The van der Waals surface area contributed by atoms with E-state index in [1.54, 1.807) is 0 Å². The number of rotatable bonds is 1. The van der Waals surface area contributed by atoms with Gasteiger partial charge in [-0.1, -0.05) is 20.8 Å². The largest absolute Gasteiger partial charge is 0.345 e. The van der Waals surface area contributed by atoms with Crippen molar-refractivity contribution in [3.63, 3.8) is 0 Å². The zero-order chi connectivity index (χ0) is 10.9. The molecule has 1 aliphatic rings. The molecule has 0 amide bonds. The quantitative estimate of drug-likeness (QED) is 0.741. The summed E-state index contributed by atoms with van der Waals surface area (Å²) in [7, 11) is 0. The second kappa shape index (κ2) is 3.97. The van der Waals surface area contributed by atoms with Gasteiger partial charge in [0.05, 0.1) is 0 Å². The molecule has 2 N–H and O–H groups in total. The average Bonchev–Trinajstić information content (AvgIpc) is 2.67. The number of hydrogen-bond acceptors (Lipinski definition) is 2. The standard InChI is InChI=1S/C12H21N3/c1-12(2,3)10-8-14-11(15-10)9-5-4-6-13-7-9/h8-9,13H,4-7H2,1-3H3,(H,14,15)/t9-/m1/s1. The minimum absolute atomic E-state index is 0.174. The van der Waals surface area contributed by atoms with Gasteiger partial charge < -0.3 is 10.3 Å². The van der Waals surface area contributed by atoms with E-state index in [0.717, 1.165) is 18.9 Å². The average molecular weight is 207 g/mol. The van der Waals surface area contributed by atoms with E-state index in [0.29, 0.717) is 5.92 Å². The number of nitrogens with zero attached hydrogens (tertiary/aromatic N) is 1. The first-order valence-electron chi connectivity index (χ1n) is 5.83. The third-order valence-electron chi connectivity index (χ3n) is 3.09. The van der Waals surface area contributed by atoms with Crippen molar-refractivity contribution in [2.24, 2.45) is 0 Å². The van der Waals surface area contributed by atoms with Gasteiger partial charge >= 0.3 is 0 Å². The van der Waals surface area contributed by atoms with Gasteiger partial charge in [-0.15, -0.1) is 0 Å². The highest BCUT2D eigenvalue weighted by Gasteiger charge is 2.21. The summed E-state index contributed by atoms with van der Waals surface area (Å²) >= 11 is 0. The summed E-state index contributed by atoms with van der Waals surface area (Å²) in [6, 6.07) is 0. The first kappa shape index (κ1) is 10.7. The van der Waals surface area contributed by atoms with Crippen LogP contribution < -0.4 is 5.32 Å². The van der Waals surface area contributed by atoms with E-state index < -0.39 is 0 Å². The molecular formula is C12H21N3. The molecule has 3 nitrogen and oxygen atoms in total. The molecule has 1 aromatic heterocycles.